The monoisotopic (exact) mass is 385 g/mol. The number of hydrogen-bond donors (Lipinski definition) is 0. The van der Waals surface area contributed by atoms with Crippen LogP contribution in [-0.2, 0) is 9.53 Å². The SMILES string of the molecule is C#CCCC1(CCC(=O)N2CCOCC2c2nc(-c3cccs3)no2)N=N1. The summed E-state index contributed by atoms with van der Waals surface area (Å²) in [6, 6.07) is 3.49. The molecule has 2 aliphatic heterocycles. The Bertz CT molecular complexity index is 864. The summed E-state index contributed by atoms with van der Waals surface area (Å²) in [6.07, 6.45) is 7.53. The van der Waals surface area contributed by atoms with E-state index in [0.29, 0.717) is 57.2 Å². The van der Waals surface area contributed by atoms with Crippen LogP contribution < -0.4 is 0 Å². The zero-order chi connectivity index (χ0) is 18.7. The van der Waals surface area contributed by atoms with E-state index >= 15 is 0 Å². The van der Waals surface area contributed by atoms with Crippen molar-refractivity contribution in [2.24, 2.45) is 10.2 Å². The first-order valence-corrected chi connectivity index (χ1v) is 9.71. The summed E-state index contributed by atoms with van der Waals surface area (Å²) >= 11 is 1.54. The van der Waals surface area contributed by atoms with Crippen molar-refractivity contribution in [1.82, 2.24) is 15.0 Å². The molecule has 140 valence electrons. The summed E-state index contributed by atoms with van der Waals surface area (Å²) in [5.41, 5.74) is -0.458. The lowest BCUT2D eigenvalue weighted by atomic mass is 10.0. The molecule has 0 radical (unpaired) electrons. The van der Waals surface area contributed by atoms with Crippen LogP contribution in [0.1, 0.15) is 37.6 Å². The molecular formula is C18H19N5O3S. The van der Waals surface area contributed by atoms with Crippen LogP contribution in [0.15, 0.2) is 32.3 Å². The van der Waals surface area contributed by atoms with Gasteiger partial charge in [0.25, 0.3) is 5.89 Å². The number of carbonyl (C=O) groups is 1. The van der Waals surface area contributed by atoms with Crippen LogP contribution in [0.5, 0.6) is 0 Å². The molecule has 1 atom stereocenters. The lowest BCUT2D eigenvalue weighted by Gasteiger charge is -2.33. The first-order chi connectivity index (χ1) is 13.2. The van der Waals surface area contributed by atoms with Crippen LogP contribution in [0, 0.1) is 12.3 Å². The van der Waals surface area contributed by atoms with E-state index in [9.17, 15) is 4.79 Å². The highest BCUT2D eigenvalue weighted by molar-refractivity contribution is 7.13. The summed E-state index contributed by atoms with van der Waals surface area (Å²) in [4.78, 5) is 20.0. The molecule has 4 heterocycles. The van der Waals surface area contributed by atoms with Gasteiger partial charge in [-0.1, -0.05) is 11.2 Å². The van der Waals surface area contributed by atoms with Gasteiger partial charge in [-0.3, -0.25) is 4.79 Å². The molecule has 27 heavy (non-hydrogen) atoms. The van der Waals surface area contributed by atoms with Crippen LogP contribution >= 0.6 is 11.3 Å². The van der Waals surface area contributed by atoms with Gasteiger partial charge in [-0.15, -0.1) is 23.7 Å². The van der Waals surface area contributed by atoms with Crippen molar-refractivity contribution < 1.29 is 14.1 Å². The highest BCUT2D eigenvalue weighted by Crippen LogP contribution is 2.38. The number of terminal acetylenes is 1. The minimum Gasteiger partial charge on any atom is -0.377 e. The number of carbonyl (C=O) groups excluding carboxylic acids is 1. The third-order valence-corrected chi connectivity index (χ3v) is 5.57. The molecule has 9 heteroatoms. The van der Waals surface area contributed by atoms with Crippen LogP contribution in [0.3, 0.4) is 0 Å². The third-order valence-electron chi connectivity index (χ3n) is 4.71. The predicted octanol–water partition coefficient (Wildman–Crippen LogP) is 3.05. The van der Waals surface area contributed by atoms with Gasteiger partial charge in [0.2, 0.25) is 11.7 Å². The second kappa shape index (κ2) is 7.58. The largest absolute Gasteiger partial charge is 0.377 e. The molecule has 2 aliphatic rings. The first kappa shape index (κ1) is 17.8. The Morgan fingerprint density at radius 2 is 2.33 bits per heavy atom. The fourth-order valence-electron chi connectivity index (χ4n) is 3.10. The number of nitrogens with zero attached hydrogens (tertiary/aromatic N) is 5. The number of hydrogen-bond acceptors (Lipinski definition) is 8. The smallest absolute Gasteiger partial charge is 0.252 e. The maximum Gasteiger partial charge on any atom is 0.252 e. The van der Waals surface area contributed by atoms with Crippen molar-refractivity contribution in [1.29, 1.82) is 0 Å². The second-order valence-electron chi connectivity index (χ2n) is 6.50. The molecule has 0 saturated carbocycles. The molecule has 8 nitrogen and oxygen atoms in total. The Morgan fingerprint density at radius 1 is 1.44 bits per heavy atom. The van der Waals surface area contributed by atoms with Crippen LogP contribution in [0.2, 0.25) is 0 Å². The Morgan fingerprint density at radius 3 is 3.07 bits per heavy atom. The van der Waals surface area contributed by atoms with E-state index < -0.39 is 5.66 Å². The zero-order valence-electron chi connectivity index (χ0n) is 14.7. The maximum atomic E-state index is 12.8. The fourth-order valence-corrected chi connectivity index (χ4v) is 3.75. The molecule has 2 aromatic heterocycles. The molecule has 0 aliphatic carbocycles. The molecule has 1 amide bonds. The van der Waals surface area contributed by atoms with Gasteiger partial charge >= 0.3 is 0 Å². The summed E-state index contributed by atoms with van der Waals surface area (Å²) < 4.78 is 11.0. The molecule has 4 rings (SSSR count). The average molecular weight is 385 g/mol. The number of thiophene rings is 1. The number of ether oxygens (including phenoxy) is 1. The Hall–Kier alpha value is -2.57. The van der Waals surface area contributed by atoms with Gasteiger partial charge in [0.1, 0.15) is 6.04 Å². The Kier molecular flexibility index (Phi) is 5.01. The number of aromatic nitrogens is 2. The topological polar surface area (TPSA) is 93.2 Å². The molecule has 0 aromatic carbocycles. The van der Waals surface area contributed by atoms with Crippen molar-refractivity contribution in [3.8, 4) is 23.0 Å². The van der Waals surface area contributed by atoms with E-state index in [2.05, 4.69) is 26.3 Å². The standard InChI is InChI=1S/C18H19N5O3S/c1-2-3-7-18(21-22-18)8-6-15(24)23-9-10-25-12-13(23)17-19-16(20-26-17)14-5-4-11-27-14/h1,4-5,11,13H,3,6-10,12H2. The summed E-state index contributed by atoms with van der Waals surface area (Å²) in [6.45, 7) is 1.33. The highest BCUT2D eigenvalue weighted by atomic mass is 32.1. The number of morpholine rings is 1. The van der Waals surface area contributed by atoms with E-state index in [-0.39, 0.29) is 11.9 Å². The summed E-state index contributed by atoms with van der Waals surface area (Å²) in [7, 11) is 0. The van der Waals surface area contributed by atoms with Gasteiger partial charge in [-0.05, 0) is 11.4 Å². The van der Waals surface area contributed by atoms with Gasteiger partial charge in [-0.2, -0.15) is 15.2 Å². The maximum absolute atomic E-state index is 12.8. The molecule has 0 spiro atoms. The van der Waals surface area contributed by atoms with Crippen molar-refractivity contribution in [3.63, 3.8) is 0 Å². The lowest BCUT2D eigenvalue weighted by Crippen LogP contribution is -2.43. The predicted molar refractivity (Wildman–Crippen MR) is 97.8 cm³/mol. The number of amides is 1. The van der Waals surface area contributed by atoms with Gasteiger partial charge in [0.05, 0.1) is 18.1 Å². The van der Waals surface area contributed by atoms with Crippen LogP contribution in [-0.4, -0.2) is 46.4 Å². The summed E-state index contributed by atoms with van der Waals surface area (Å²) in [5.74, 6) is 3.54. The van der Waals surface area contributed by atoms with E-state index in [4.69, 9.17) is 15.7 Å². The highest BCUT2D eigenvalue weighted by Gasteiger charge is 2.41. The molecule has 2 aromatic rings. The van der Waals surface area contributed by atoms with Crippen molar-refractivity contribution in [2.75, 3.05) is 19.8 Å². The van der Waals surface area contributed by atoms with Gasteiger partial charge in [-0.25, -0.2) is 0 Å². The quantitative estimate of drug-likeness (QED) is 0.683. The average Bonchev–Trinajstić information content (AvgIpc) is 3.10. The van der Waals surface area contributed by atoms with Gasteiger partial charge in [0.15, 0.2) is 5.66 Å². The lowest BCUT2D eigenvalue weighted by molar-refractivity contribution is -0.141. The molecular weight excluding hydrogens is 366 g/mol. The Balaban J connectivity index is 1.42. The van der Waals surface area contributed by atoms with E-state index in [1.165, 1.54) is 11.3 Å². The fraction of sp³-hybridized carbons (Fsp3) is 0.500. The van der Waals surface area contributed by atoms with Crippen molar-refractivity contribution >= 4 is 17.2 Å². The van der Waals surface area contributed by atoms with Crippen LogP contribution in [0.4, 0.5) is 0 Å². The molecule has 1 unspecified atom stereocenters. The third kappa shape index (κ3) is 3.91. The van der Waals surface area contributed by atoms with Crippen molar-refractivity contribution in [2.45, 2.75) is 37.4 Å². The van der Waals surface area contributed by atoms with E-state index in [1.54, 1.807) is 4.90 Å². The normalized spacial score (nSPS) is 20.4. The molecule has 1 saturated heterocycles. The van der Waals surface area contributed by atoms with E-state index in [0.717, 1.165) is 4.88 Å². The van der Waals surface area contributed by atoms with E-state index in [1.807, 2.05) is 17.5 Å². The second-order valence-corrected chi connectivity index (χ2v) is 7.45. The molecule has 1 fully saturated rings. The Labute approximate surface area is 160 Å². The first-order valence-electron chi connectivity index (χ1n) is 8.83. The van der Waals surface area contributed by atoms with Gasteiger partial charge in [0, 0.05) is 32.2 Å². The summed E-state index contributed by atoms with van der Waals surface area (Å²) in [5, 5.41) is 14.2. The van der Waals surface area contributed by atoms with Crippen molar-refractivity contribution in [3.05, 3.63) is 23.4 Å². The zero-order valence-corrected chi connectivity index (χ0v) is 15.5. The minimum atomic E-state index is -0.458. The number of rotatable bonds is 7. The van der Waals surface area contributed by atoms with Gasteiger partial charge < -0.3 is 14.2 Å². The minimum absolute atomic E-state index is 0.0107. The molecule has 0 bridgehead atoms. The molecule has 0 N–H and O–H groups in total. The van der Waals surface area contributed by atoms with Crippen LogP contribution in [0.25, 0.3) is 10.7 Å².